The zero-order valence-corrected chi connectivity index (χ0v) is 16.4. The predicted molar refractivity (Wildman–Crippen MR) is 117 cm³/mol. The minimum atomic E-state index is -0.167. The van der Waals surface area contributed by atoms with E-state index in [1.54, 1.807) is 7.11 Å². The number of amides is 1. The number of benzene rings is 3. The second kappa shape index (κ2) is 8.23. The lowest BCUT2D eigenvalue weighted by atomic mass is 9.72. The van der Waals surface area contributed by atoms with Gasteiger partial charge in [-0.1, -0.05) is 54.8 Å². The molecule has 0 spiro atoms. The third kappa shape index (κ3) is 4.16. The number of anilines is 1. The Morgan fingerprint density at radius 3 is 2.55 bits per heavy atom. The van der Waals surface area contributed by atoms with Crippen molar-refractivity contribution in [2.24, 2.45) is 0 Å². The van der Waals surface area contributed by atoms with Crippen LogP contribution in [0.3, 0.4) is 0 Å². The molecule has 29 heavy (non-hydrogen) atoms. The first kappa shape index (κ1) is 18.8. The molecule has 0 saturated heterocycles. The average molecular weight is 382 g/mol. The molecule has 0 bridgehead atoms. The number of carbonyl (C=O) groups is 1. The molecule has 1 N–H and O–H groups in total. The lowest BCUT2D eigenvalue weighted by molar-refractivity contribution is 0.102. The van der Waals surface area contributed by atoms with Crippen molar-refractivity contribution < 1.29 is 9.53 Å². The number of hydrogen-bond acceptors (Lipinski definition) is 3. The highest BCUT2D eigenvalue weighted by Gasteiger charge is 2.15. The normalized spacial score (nSPS) is 10.7. The van der Waals surface area contributed by atoms with E-state index in [0.29, 0.717) is 17.6 Å². The van der Waals surface area contributed by atoms with Crippen LogP contribution in [0, 0.1) is 0 Å². The van der Waals surface area contributed by atoms with Crippen molar-refractivity contribution in [3.8, 4) is 5.75 Å². The standard InChI is InChI=1S/C23H21BN3O2/c1-24-18-12-17-15-27(14-16-8-10-20(29-2)11-9-16)26-22(17)21(13-18)23(28)25-19-6-4-3-5-7-19/h3-13,15H,14H2,1-2H3,(H,25,28). The van der Waals surface area contributed by atoms with Crippen LogP contribution in [0.2, 0.25) is 6.82 Å². The first-order chi connectivity index (χ1) is 14.2. The Morgan fingerprint density at radius 1 is 1.10 bits per heavy atom. The van der Waals surface area contributed by atoms with Gasteiger partial charge in [-0.05, 0) is 29.8 Å². The number of fused-ring (bicyclic) bond motifs is 1. The Hall–Kier alpha value is -3.54. The van der Waals surface area contributed by atoms with Crippen LogP contribution >= 0.6 is 0 Å². The minimum absolute atomic E-state index is 0.167. The van der Waals surface area contributed by atoms with Crippen LogP contribution < -0.4 is 15.5 Å². The number of nitrogens with one attached hydrogen (secondary N) is 1. The molecule has 3 aromatic carbocycles. The van der Waals surface area contributed by atoms with E-state index >= 15 is 0 Å². The summed E-state index contributed by atoms with van der Waals surface area (Å²) >= 11 is 0. The Bertz CT molecular complexity index is 1140. The molecule has 1 radical (unpaired) electrons. The summed E-state index contributed by atoms with van der Waals surface area (Å²) in [6.07, 6.45) is 1.98. The van der Waals surface area contributed by atoms with Crippen molar-refractivity contribution >= 4 is 35.2 Å². The maximum absolute atomic E-state index is 12.9. The number of hydrogen-bond donors (Lipinski definition) is 1. The van der Waals surface area contributed by atoms with E-state index in [0.717, 1.165) is 27.8 Å². The minimum Gasteiger partial charge on any atom is -0.497 e. The molecule has 0 aliphatic heterocycles. The van der Waals surface area contributed by atoms with Crippen LogP contribution in [0.5, 0.6) is 5.75 Å². The molecule has 0 fully saturated rings. The van der Waals surface area contributed by atoms with Crippen LogP contribution in [0.4, 0.5) is 5.69 Å². The quantitative estimate of drug-likeness (QED) is 0.517. The van der Waals surface area contributed by atoms with E-state index in [1.165, 1.54) is 0 Å². The lowest BCUT2D eigenvalue weighted by Crippen LogP contribution is -2.18. The third-order valence-electron chi connectivity index (χ3n) is 4.79. The van der Waals surface area contributed by atoms with Gasteiger partial charge in [0.25, 0.3) is 5.91 Å². The maximum Gasteiger partial charge on any atom is 0.257 e. The highest BCUT2D eigenvalue weighted by molar-refractivity contribution is 6.52. The fraction of sp³-hybridized carbons (Fsp3) is 0.130. The van der Waals surface area contributed by atoms with Crippen molar-refractivity contribution in [2.75, 3.05) is 12.4 Å². The highest BCUT2D eigenvalue weighted by atomic mass is 16.5. The number of nitrogens with zero attached hydrogens (tertiary/aromatic N) is 2. The van der Waals surface area contributed by atoms with Gasteiger partial charge in [0.2, 0.25) is 0 Å². The molecule has 5 nitrogen and oxygen atoms in total. The molecule has 0 atom stereocenters. The second-order valence-electron chi connectivity index (χ2n) is 6.79. The Kier molecular flexibility index (Phi) is 5.34. The van der Waals surface area contributed by atoms with Gasteiger partial charge >= 0.3 is 0 Å². The summed E-state index contributed by atoms with van der Waals surface area (Å²) in [6.45, 7) is 2.57. The van der Waals surface area contributed by atoms with Crippen molar-refractivity contribution in [1.29, 1.82) is 0 Å². The van der Waals surface area contributed by atoms with Crippen LogP contribution in [-0.4, -0.2) is 30.1 Å². The van der Waals surface area contributed by atoms with Gasteiger partial charge in [-0.15, -0.1) is 0 Å². The van der Waals surface area contributed by atoms with E-state index in [-0.39, 0.29) is 5.91 Å². The lowest BCUT2D eigenvalue weighted by Gasteiger charge is -2.07. The van der Waals surface area contributed by atoms with Gasteiger partial charge in [0.05, 0.1) is 19.2 Å². The Balaban J connectivity index is 1.67. The molecule has 143 valence electrons. The average Bonchev–Trinajstić information content (AvgIpc) is 3.16. The second-order valence-corrected chi connectivity index (χ2v) is 6.79. The predicted octanol–water partition coefficient (Wildman–Crippen LogP) is 3.72. The molecule has 0 saturated carbocycles. The molecule has 1 heterocycles. The van der Waals surface area contributed by atoms with E-state index in [2.05, 4.69) is 5.32 Å². The number of methoxy groups -OCH3 is 1. The summed E-state index contributed by atoms with van der Waals surface area (Å²) < 4.78 is 7.08. The van der Waals surface area contributed by atoms with Gasteiger partial charge in [0.15, 0.2) is 0 Å². The smallest absolute Gasteiger partial charge is 0.257 e. The fourth-order valence-electron chi connectivity index (χ4n) is 3.27. The molecule has 0 unspecified atom stereocenters. The monoisotopic (exact) mass is 382 g/mol. The van der Waals surface area contributed by atoms with Gasteiger partial charge in [-0.3, -0.25) is 9.48 Å². The molecule has 0 aliphatic carbocycles. The molecule has 0 aliphatic rings. The van der Waals surface area contributed by atoms with Gasteiger partial charge < -0.3 is 10.1 Å². The van der Waals surface area contributed by atoms with Gasteiger partial charge in [-0.2, -0.15) is 5.10 Å². The summed E-state index contributed by atoms with van der Waals surface area (Å²) in [5.41, 5.74) is 4.11. The Morgan fingerprint density at radius 2 is 1.86 bits per heavy atom. The maximum atomic E-state index is 12.9. The van der Waals surface area contributed by atoms with E-state index < -0.39 is 0 Å². The van der Waals surface area contributed by atoms with E-state index in [9.17, 15) is 4.79 Å². The number of aromatic nitrogens is 2. The molecular weight excluding hydrogens is 361 g/mol. The van der Waals surface area contributed by atoms with E-state index in [4.69, 9.17) is 9.84 Å². The summed E-state index contributed by atoms with van der Waals surface area (Å²) in [4.78, 5) is 12.9. The van der Waals surface area contributed by atoms with Gasteiger partial charge in [0, 0.05) is 17.3 Å². The topological polar surface area (TPSA) is 56.2 Å². The summed E-state index contributed by atoms with van der Waals surface area (Å²) in [6, 6.07) is 21.3. The molecule has 1 amide bonds. The van der Waals surface area contributed by atoms with Crippen LogP contribution in [-0.2, 0) is 6.54 Å². The first-order valence-corrected chi connectivity index (χ1v) is 9.46. The number of ether oxygens (including phenoxy) is 1. The van der Waals surface area contributed by atoms with Crippen molar-refractivity contribution in [3.05, 3.63) is 84.1 Å². The Labute approximate surface area is 170 Å². The third-order valence-corrected chi connectivity index (χ3v) is 4.79. The number of rotatable bonds is 6. The van der Waals surface area contributed by atoms with Gasteiger partial charge in [-0.25, -0.2) is 0 Å². The fourth-order valence-corrected chi connectivity index (χ4v) is 3.27. The van der Waals surface area contributed by atoms with Crippen LogP contribution in [0.1, 0.15) is 15.9 Å². The summed E-state index contributed by atoms with van der Waals surface area (Å²) in [5.74, 6) is 0.655. The van der Waals surface area contributed by atoms with Gasteiger partial charge in [0.1, 0.15) is 18.5 Å². The van der Waals surface area contributed by atoms with Crippen molar-refractivity contribution in [3.63, 3.8) is 0 Å². The van der Waals surface area contributed by atoms with E-state index in [1.807, 2.05) is 91.7 Å². The van der Waals surface area contributed by atoms with Crippen LogP contribution in [0.15, 0.2) is 72.9 Å². The van der Waals surface area contributed by atoms with Crippen molar-refractivity contribution in [1.82, 2.24) is 9.78 Å². The first-order valence-electron chi connectivity index (χ1n) is 9.46. The molecule has 6 heteroatoms. The van der Waals surface area contributed by atoms with Crippen LogP contribution in [0.25, 0.3) is 10.9 Å². The van der Waals surface area contributed by atoms with Crippen molar-refractivity contribution in [2.45, 2.75) is 13.4 Å². The molecule has 4 rings (SSSR count). The zero-order valence-electron chi connectivity index (χ0n) is 16.4. The molecule has 4 aromatic rings. The number of para-hydroxylation sites is 1. The largest absolute Gasteiger partial charge is 0.497 e. The summed E-state index contributed by atoms with van der Waals surface area (Å²) in [5, 5.41) is 8.59. The number of carbonyl (C=O) groups excluding carboxylic acids is 1. The SMILES string of the molecule is C[B]c1cc(C(=O)Nc2ccccc2)c2nn(Cc3ccc(OC)cc3)cc2c1. The molecule has 1 aromatic heterocycles. The molecular formula is C23H21BN3O2. The highest BCUT2D eigenvalue weighted by Crippen LogP contribution is 2.19. The zero-order chi connectivity index (χ0) is 20.2. The summed E-state index contributed by atoms with van der Waals surface area (Å²) in [7, 11) is 3.64.